The molecular weight excluding hydrogens is 446 g/mol. The normalized spacial score (nSPS) is 19.1. The molecule has 5 N–H and O–H groups in total. The van der Waals surface area contributed by atoms with Crippen molar-refractivity contribution in [3.05, 3.63) is 53.2 Å². The van der Waals surface area contributed by atoms with Crippen molar-refractivity contribution in [2.45, 2.75) is 51.2 Å². The summed E-state index contributed by atoms with van der Waals surface area (Å²) in [6.45, 7) is 2.38. The van der Waals surface area contributed by atoms with Gasteiger partial charge in [-0.2, -0.15) is 5.10 Å². The Balaban J connectivity index is 1.63. The van der Waals surface area contributed by atoms with Gasteiger partial charge in [-0.25, -0.2) is 9.78 Å². The summed E-state index contributed by atoms with van der Waals surface area (Å²) in [5.74, 6) is 0.886. The summed E-state index contributed by atoms with van der Waals surface area (Å²) in [5.41, 5.74) is 4.90. The number of amides is 2. The minimum absolute atomic E-state index is 0.130. The van der Waals surface area contributed by atoms with Crippen LogP contribution in [0.5, 0.6) is 0 Å². The molecular formula is C25H29N7O3. The maximum Gasteiger partial charge on any atom is 0.404 e. The average molecular weight is 476 g/mol. The lowest BCUT2D eigenvalue weighted by Gasteiger charge is -2.33. The highest BCUT2D eigenvalue weighted by atomic mass is 16.4. The molecule has 0 bridgehead atoms. The molecule has 2 amide bonds. The Hall–Kier alpha value is -4.08. The third-order valence-corrected chi connectivity index (χ3v) is 6.71. The molecule has 1 aliphatic heterocycles. The summed E-state index contributed by atoms with van der Waals surface area (Å²) in [6, 6.07) is 9.42. The van der Waals surface area contributed by atoms with Gasteiger partial charge in [0.2, 0.25) is 0 Å². The van der Waals surface area contributed by atoms with E-state index in [1.54, 1.807) is 10.9 Å². The summed E-state index contributed by atoms with van der Waals surface area (Å²) in [4.78, 5) is 29.3. The van der Waals surface area contributed by atoms with Crippen molar-refractivity contribution in [1.29, 1.82) is 0 Å². The molecule has 1 aliphatic carbocycles. The number of pyridine rings is 1. The topological polar surface area (TPSA) is 133 Å². The van der Waals surface area contributed by atoms with Gasteiger partial charge in [0.15, 0.2) is 0 Å². The minimum atomic E-state index is -1.03. The van der Waals surface area contributed by atoms with E-state index >= 15 is 0 Å². The number of rotatable bonds is 6. The van der Waals surface area contributed by atoms with Gasteiger partial charge in [-0.05, 0) is 43.5 Å². The highest BCUT2D eigenvalue weighted by molar-refractivity contribution is 6.06. The van der Waals surface area contributed by atoms with Crippen LogP contribution in [0.2, 0.25) is 0 Å². The Labute approximate surface area is 203 Å². The number of hydrogen-bond acceptors (Lipinski definition) is 6. The summed E-state index contributed by atoms with van der Waals surface area (Å²) in [5, 5.41) is 26.2. The first-order valence-corrected chi connectivity index (χ1v) is 11.8. The molecule has 1 fully saturated rings. The predicted molar refractivity (Wildman–Crippen MR) is 133 cm³/mol. The number of hydrogen-bond donors (Lipinski definition) is 5. The van der Waals surface area contributed by atoms with E-state index in [4.69, 9.17) is 4.98 Å². The molecule has 5 rings (SSSR count). The van der Waals surface area contributed by atoms with Crippen LogP contribution in [0.3, 0.4) is 0 Å². The van der Waals surface area contributed by atoms with Crippen molar-refractivity contribution in [3.8, 4) is 11.3 Å². The number of nitrogens with zero attached hydrogens (tertiary/aromatic N) is 3. The molecule has 1 saturated carbocycles. The number of carboxylic acid groups (broad SMARTS) is 1. The van der Waals surface area contributed by atoms with Crippen molar-refractivity contribution < 1.29 is 14.7 Å². The molecule has 1 aromatic carbocycles. The zero-order valence-electron chi connectivity index (χ0n) is 19.8. The fourth-order valence-electron chi connectivity index (χ4n) is 5.07. The van der Waals surface area contributed by atoms with Gasteiger partial charge >= 0.3 is 6.09 Å². The fourth-order valence-corrected chi connectivity index (χ4v) is 5.07. The molecule has 2 unspecified atom stereocenters. The molecule has 0 radical (unpaired) electrons. The average Bonchev–Trinajstić information content (AvgIpc) is 3.41. The van der Waals surface area contributed by atoms with Crippen LogP contribution in [0.15, 0.2) is 36.5 Å². The molecule has 0 saturated heterocycles. The van der Waals surface area contributed by atoms with Crippen LogP contribution in [0.25, 0.3) is 11.3 Å². The number of carbonyl (C=O) groups excluding carboxylic acids is 1. The number of aryl methyl sites for hydroxylation is 2. The second-order valence-electron chi connectivity index (χ2n) is 9.15. The van der Waals surface area contributed by atoms with Crippen molar-refractivity contribution in [1.82, 2.24) is 25.4 Å². The lowest BCUT2D eigenvalue weighted by Crippen LogP contribution is -2.48. The standard InChI is InChI=1S/C25H29N7O3/c1-14-6-5-7-15(12-14)28-23-21-16(13-26-24(21)33)20(19-10-11-27-32(19)2)22(31-23)29-17-8-3-4-9-18(17)30-25(34)35/h5-7,10-12,17-18,30H,3-4,8-9,13H2,1-2H3,(H,26,33)(H,34,35)(H2,28,29,31). The molecule has 35 heavy (non-hydrogen) atoms. The molecule has 2 aliphatic rings. The summed E-state index contributed by atoms with van der Waals surface area (Å²) < 4.78 is 1.76. The molecule has 3 aromatic rings. The Morgan fingerprint density at radius 2 is 1.94 bits per heavy atom. The number of nitrogens with one attached hydrogen (secondary N) is 4. The molecule has 3 heterocycles. The van der Waals surface area contributed by atoms with Crippen LogP contribution >= 0.6 is 0 Å². The molecule has 0 spiro atoms. The summed E-state index contributed by atoms with van der Waals surface area (Å²) >= 11 is 0. The highest BCUT2D eigenvalue weighted by Crippen LogP contribution is 2.39. The molecule has 2 aromatic heterocycles. The zero-order chi connectivity index (χ0) is 24.5. The van der Waals surface area contributed by atoms with Gasteiger partial charge < -0.3 is 26.4 Å². The zero-order valence-corrected chi connectivity index (χ0v) is 19.8. The predicted octanol–water partition coefficient (Wildman–Crippen LogP) is 3.77. The van der Waals surface area contributed by atoms with Crippen LogP contribution in [0, 0.1) is 6.92 Å². The third kappa shape index (κ3) is 4.51. The van der Waals surface area contributed by atoms with Gasteiger partial charge in [0.05, 0.1) is 17.3 Å². The molecule has 10 heteroatoms. The Kier molecular flexibility index (Phi) is 6.02. The van der Waals surface area contributed by atoms with Gasteiger partial charge in [0, 0.05) is 42.6 Å². The largest absolute Gasteiger partial charge is 0.465 e. The van der Waals surface area contributed by atoms with Gasteiger partial charge in [0.25, 0.3) is 5.91 Å². The van der Waals surface area contributed by atoms with E-state index in [0.717, 1.165) is 53.8 Å². The Morgan fingerprint density at radius 1 is 1.14 bits per heavy atom. The SMILES string of the molecule is Cc1cccc(Nc2nc(NC3CCCCC3NC(=O)O)c(-c3ccnn3C)c3c2C(=O)NC3)c1. The first-order valence-electron chi connectivity index (χ1n) is 11.8. The lowest BCUT2D eigenvalue weighted by molar-refractivity contribution is 0.0966. The van der Waals surface area contributed by atoms with Crippen LogP contribution < -0.4 is 21.3 Å². The minimum Gasteiger partial charge on any atom is -0.465 e. The van der Waals surface area contributed by atoms with Gasteiger partial charge in [-0.15, -0.1) is 0 Å². The van der Waals surface area contributed by atoms with Crippen molar-refractivity contribution in [2.75, 3.05) is 10.6 Å². The van der Waals surface area contributed by atoms with Gasteiger partial charge in [-0.3, -0.25) is 9.48 Å². The van der Waals surface area contributed by atoms with Gasteiger partial charge in [-0.1, -0.05) is 25.0 Å². The number of aromatic nitrogens is 3. The molecule has 2 atom stereocenters. The third-order valence-electron chi connectivity index (χ3n) is 6.71. The summed E-state index contributed by atoms with van der Waals surface area (Å²) in [6.07, 6.45) is 4.21. The van der Waals surface area contributed by atoms with E-state index in [1.807, 2.05) is 44.3 Å². The van der Waals surface area contributed by atoms with E-state index < -0.39 is 6.09 Å². The molecule has 182 valence electrons. The second-order valence-corrected chi connectivity index (χ2v) is 9.15. The van der Waals surface area contributed by atoms with Crippen molar-refractivity contribution in [3.63, 3.8) is 0 Å². The smallest absolute Gasteiger partial charge is 0.404 e. The number of anilines is 3. The van der Waals surface area contributed by atoms with E-state index in [-0.39, 0.29) is 18.0 Å². The lowest BCUT2D eigenvalue weighted by atomic mass is 9.90. The van der Waals surface area contributed by atoms with E-state index in [9.17, 15) is 14.7 Å². The first kappa shape index (κ1) is 22.7. The van der Waals surface area contributed by atoms with Crippen LogP contribution in [0.4, 0.5) is 22.1 Å². The first-order chi connectivity index (χ1) is 16.9. The Bertz CT molecular complexity index is 1290. The van der Waals surface area contributed by atoms with Crippen LogP contribution in [-0.4, -0.2) is 44.0 Å². The highest BCUT2D eigenvalue weighted by Gasteiger charge is 2.33. The van der Waals surface area contributed by atoms with Crippen molar-refractivity contribution >= 4 is 29.3 Å². The maximum atomic E-state index is 12.9. The monoisotopic (exact) mass is 475 g/mol. The van der Waals surface area contributed by atoms with E-state index in [2.05, 4.69) is 26.4 Å². The van der Waals surface area contributed by atoms with E-state index in [1.165, 1.54) is 0 Å². The molecule has 10 nitrogen and oxygen atoms in total. The summed E-state index contributed by atoms with van der Waals surface area (Å²) in [7, 11) is 1.85. The van der Waals surface area contributed by atoms with Crippen LogP contribution in [-0.2, 0) is 13.6 Å². The van der Waals surface area contributed by atoms with Crippen molar-refractivity contribution in [2.24, 2.45) is 7.05 Å². The second kappa shape index (κ2) is 9.28. The quantitative estimate of drug-likeness (QED) is 0.366. The van der Waals surface area contributed by atoms with Gasteiger partial charge in [0.1, 0.15) is 11.6 Å². The number of benzene rings is 1. The maximum absolute atomic E-state index is 12.9. The van der Waals surface area contributed by atoms with Crippen LogP contribution in [0.1, 0.15) is 47.2 Å². The Morgan fingerprint density at radius 3 is 2.66 bits per heavy atom. The fraction of sp³-hybridized carbons (Fsp3) is 0.360. The number of fused-ring (bicyclic) bond motifs is 1. The van der Waals surface area contributed by atoms with E-state index in [0.29, 0.717) is 23.7 Å². The number of carbonyl (C=O) groups is 2.